The average molecular weight is 271 g/mol. The summed E-state index contributed by atoms with van der Waals surface area (Å²) in [6.45, 7) is 1.85. The van der Waals surface area contributed by atoms with Crippen LogP contribution >= 0.6 is 0 Å². The molecule has 104 valence electrons. The highest BCUT2D eigenvalue weighted by molar-refractivity contribution is 6.09. The molecule has 1 atom stereocenters. The number of rotatable bonds is 2. The van der Waals surface area contributed by atoms with Crippen LogP contribution in [0.3, 0.4) is 0 Å². The van der Waals surface area contributed by atoms with Gasteiger partial charge in [-0.1, -0.05) is 13.0 Å². The topological polar surface area (TPSA) is 61.8 Å². The van der Waals surface area contributed by atoms with Crippen LogP contribution in [0.1, 0.15) is 30.9 Å². The maximum Gasteiger partial charge on any atom is 0.240 e. The van der Waals surface area contributed by atoms with Crippen molar-refractivity contribution in [2.24, 2.45) is 11.0 Å². The summed E-state index contributed by atoms with van der Waals surface area (Å²) in [6, 6.07) is 5.97. The fraction of sp³-hybridized carbons (Fsp3) is 0.400. The number of fused-ring (bicyclic) bond motifs is 3. The monoisotopic (exact) mass is 271 g/mol. The SMILES string of the molecule is CCC(=O)N(C)c1ccc2c(c1)CC1CC(=O)NN=C21. The molecule has 20 heavy (non-hydrogen) atoms. The minimum absolute atomic E-state index is 0.0231. The number of hydrogen-bond acceptors (Lipinski definition) is 3. The predicted molar refractivity (Wildman–Crippen MR) is 76.6 cm³/mol. The van der Waals surface area contributed by atoms with E-state index in [-0.39, 0.29) is 17.7 Å². The molecule has 0 spiro atoms. The van der Waals surface area contributed by atoms with Crippen LogP contribution in [0.25, 0.3) is 0 Å². The Morgan fingerprint density at radius 1 is 1.45 bits per heavy atom. The summed E-state index contributed by atoms with van der Waals surface area (Å²) in [4.78, 5) is 24.8. The summed E-state index contributed by atoms with van der Waals surface area (Å²) in [5, 5.41) is 4.18. The van der Waals surface area contributed by atoms with Crippen molar-refractivity contribution in [3.8, 4) is 0 Å². The van der Waals surface area contributed by atoms with E-state index in [1.54, 1.807) is 11.9 Å². The largest absolute Gasteiger partial charge is 0.316 e. The number of anilines is 1. The number of carbonyl (C=O) groups is 2. The Morgan fingerprint density at radius 3 is 3.00 bits per heavy atom. The number of hydrogen-bond donors (Lipinski definition) is 1. The molecule has 1 aliphatic heterocycles. The van der Waals surface area contributed by atoms with Crippen LogP contribution < -0.4 is 10.3 Å². The van der Waals surface area contributed by atoms with Gasteiger partial charge in [0.05, 0.1) is 5.71 Å². The molecule has 2 aliphatic rings. The third-order valence-electron chi connectivity index (χ3n) is 4.01. The Morgan fingerprint density at radius 2 is 2.25 bits per heavy atom. The molecule has 0 saturated heterocycles. The molecule has 1 aliphatic carbocycles. The zero-order valence-corrected chi connectivity index (χ0v) is 11.6. The molecule has 3 rings (SSSR count). The molecule has 0 aromatic heterocycles. The van der Waals surface area contributed by atoms with Crippen molar-refractivity contribution in [1.82, 2.24) is 5.43 Å². The van der Waals surface area contributed by atoms with Crippen molar-refractivity contribution < 1.29 is 9.59 Å². The zero-order valence-electron chi connectivity index (χ0n) is 11.6. The summed E-state index contributed by atoms with van der Waals surface area (Å²) in [5.41, 5.74) is 6.67. The molecule has 2 amide bonds. The summed E-state index contributed by atoms with van der Waals surface area (Å²) in [7, 11) is 1.79. The second kappa shape index (κ2) is 4.74. The standard InChI is InChI=1S/C15H17N3O2/c1-3-14(20)18(2)11-4-5-12-9(7-11)6-10-8-13(19)16-17-15(10)12/h4-5,7,10H,3,6,8H2,1-2H3,(H,16,19). The first kappa shape index (κ1) is 12.8. The Balaban J connectivity index is 1.93. The number of nitrogens with zero attached hydrogens (tertiary/aromatic N) is 2. The molecule has 1 N–H and O–H groups in total. The van der Waals surface area contributed by atoms with Gasteiger partial charge in [0, 0.05) is 37.1 Å². The normalized spacial score (nSPS) is 19.8. The lowest BCUT2D eigenvalue weighted by Crippen LogP contribution is -2.31. The third-order valence-corrected chi connectivity index (χ3v) is 4.01. The molecule has 1 unspecified atom stereocenters. The molecular formula is C15H17N3O2. The lowest BCUT2D eigenvalue weighted by atomic mass is 9.99. The van der Waals surface area contributed by atoms with Crippen LogP contribution in [0.5, 0.6) is 0 Å². The second-order valence-electron chi connectivity index (χ2n) is 5.28. The highest BCUT2D eigenvalue weighted by atomic mass is 16.2. The van der Waals surface area contributed by atoms with Gasteiger partial charge in [-0.15, -0.1) is 0 Å². The lowest BCUT2D eigenvalue weighted by Gasteiger charge is -2.17. The van der Waals surface area contributed by atoms with Crippen LogP contribution in [0.15, 0.2) is 23.3 Å². The number of amides is 2. The predicted octanol–water partition coefficient (Wildman–Crippen LogP) is 1.46. The highest BCUT2D eigenvalue weighted by Gasteiger charge is 2.33. The van der Waals surface area contributed by atoms with E-state index >= 15 is 0 Å². The fourth-order valence-electron chi connectivity index (χ4n) is 2.88. The lowest BCUT2D eigenvalue weighted by molar-refractivity contribution is -0.122. The molecule has 0 radical (unpaired) electrons. The van der Waals surface area contributed by atoms with Crippen LogP contribution in [0.2, 0.25) is 0 Å². The van der Waals surface area contributed by atoms with Gasteiger partial charge < -0.3 is 4.90 Å². The van der Waals surface area contributed by atoms with Crippen LogP contribution in [0, 0.1) is 5.92 Å². The number of hydrazone groups is 1. The van der Waals surface area contributed by atoms with E-state index in [1.807, 2.05) is 25.1 Å². The molecule has 0 bridgehead atoms. The first-order valence-corrected chi connectivity index (χ1v) is 6.86. The van der Waals surface area contributed by atoms with Gasteiger partial charge in [-0.05, 0) is 24.1 Å². The Hall–Kier alpha value is -2.17. The first-order valence-electron chi connectivity index (χ1n) is 6.86. The van der Waals surface area contributed by atoms with E-state index in [2.05, 4.69) is 10.5 Å². The molecule has 5 heteroatoms. The van der Waals surface area contributed by atoms with E-state index in [0.717, 1.165) is 23.4 Å². The molecule has 5 nitrogen and oxygen atoms in total. The summed E-state index contributed by atoms with van der Waals surface area (Å²) in [6.07, 6.45) is 1.80. The van der Waals surface area contributed by atoms with Crippen molar-refractivity contribution >= 4 is 23.2 Å². The van der Waals surface area contributed by atoms with Gasteiger partial charge >= 0.3 is 0 Å². The molecule has 0 fully saturated rings. The van der Waals surface area contributed by atoms with Crippen molar-refractivity contribution in [2.75, 3.05) is 11.9 Å². The van der Waals surface area contributed by atoms with Crippen molar-refractivity contribution in [3.63, 3.8) is 0 Å². The fourth-order valence-corrected chi connectivity index (χ4v) is 2.88. The van der Waals surface area contributed by atoms with Gasteiger partial charge in [0.2, 0.25) is 11.8 Å². The smallest absolute Gasteiger partial charge is 0.240 e. The Labute approximate surface area is 117 Å². The number of nitrogens with one attached hydrogen (secondary N) is 1. The van der Waals surface area contributed by atoms with Gasteiger partial charge in [-0.2, -0.15) is 5.10 Å². The average Bonchev–Trinajstić information content (AvgIpc) is 2.81. The van der Waals surface area contributed by atoms with Gasteiger partial charge in [0.1, 0.15) is 0 Å². The van der Waals surface area contributed by atoms with E-state index in [1.165, 1.54) is 5.56 Å². The van der Waals surface area contributed by atoms with E-state index < -0.39 is 0 Å². The Kier molecular flexibility index (Phi) is 3.04. The second-order valence-corrected chi connectivity index (χ2v) is 5.28. The molecule has 1 aromatic carbocycles. The van der Waals surface area contributed by atoms with Crippen molar-refractivity contribution in [2.45, 2.75) is 26.2 Å². The Bertz CT molecular complexity index is 622. The summed E-state index contributed by atoms with van der Waals surface area (Å²) in [5.74, 6) is 0.251. The molecule has 1 heterocycles. The van der Waals surface area contributed by atoms with Crippen molar-refractivity contribution in [3.05, 3.63) is 29.3 Å². The van der Waals surface area contributed by atoms with E-state index in [0.29, 0.717) is 12.8 Å². The summed E-state index contributed by atoms with van der Waals surface area (Å²) >= 11 is 0. The van der Waals surface area contributed by atoms with Gasteiger partial charge in [0.15, 0.2) is 0 Å². The molecular weight excluding hydrogens is 254 g/mol. The van der Waals surface area contributed by atoms with E-state index in [4.69, 9.17) is 0 Å². The van der Waals surface area contributed by atoms with Crippen LogP contribution in [-0.4, -0.2) is 24.6 Å². The van der Waals surface area contributed by atoms with Crippen molar-refractivity contribution in [1.29, 1.82) is 0 Å². The maximum atomic E-state index is 11.8. The minimum Gasteiger partial charge on any atom is -0.316 e. The number of benzene rings is 1. The highest BCUT2D eigenvalue weighted by Crippen LogP contribution is 2.33. The maximum absolute atomic E-state index is 11.8. The quantitative estimate of drug-likeness (QED) is 0.885. The first-order chi connectivity index (χ1) is 9.60. The van der Waals surface area contributed by atoms with E-state index in [9.17, 15) is 9.59 Å². The van der Waals surface area contributed by atoms with Gasteiger partial charge in [0.25, 0.3) is 0 Å². The summed E-state index contributed by atoms with van der Waals surface area (Å²) < 4.78 is 0. The van der Waals surface area contributed by atoms with Gasteiger partial charge in [-0.25, -0.2) is 5.43 Å². The molecule has 1 aromatic rings. The van der Waals surface area contributed by atoms with Crippen LogP contribution in [-0.2, 0) is 16.0 Å². The van der Waals surface area contributed by atoms with Gasteiger partial charge in [-0.3, -0.25) is 9.59 Å². The molecule has 0 saturated carbocycles. The number of carbonyl (C=O) groups excluding carboxylic acids is 2. The zero-order chi connectivity index (χ0) is 14.3. The third kappa shape index (κ3) is 1.99. The minimum atomic E-state index is -0.0231. The van der Waals surface area contributed by atoms with Crippen LogP contribution in [0.4, 0.5) is 5.69 Å².